The monoisotopic (exact) mass is 367 g/mol. The standard InChI is InChI=1S/C22H26FN3O/c23-17-18-14-20(24-8-4-5-9-24)16-21(15-18)25-10-12-26(13-11-25)22(27)19-6-2-1-3-7-19/h1-3,6-7,14-16H,4-5,8-13,17H2. The predicted molar refractivity (Wildman–Crippen MR) is 107 cm³/mol. The van der Waals surface area contributed by atoms with Crippen molar-refractivity contribution in [3.8, 4) is 0 Å². The van der Waals surface area contributed by atoms with Crippen LogP contribution in [-0.2, 0) is 6.67 Å². The van der Waals surface area contributed by atoms with E-state index in [0.717, 1.165) is 48.7 Å². The van der Waals surface area contributed by atoms with Gasteiger partial charge in [-0.2, -0.15) is 0 Å². The third kappa shape index (κ3) is 3.92. The Hall–Kier alpha value is -2.56. The topological polar surface area (TPSA) is 26.8 Å². The van der Waals surface area contributed by atoms with E-state index in [2.05, 4.69) is 15.9 Å². The van der Waals surface area contributed by atoms with E-state index < -0.39 is 6.67 Å². The molecule has 0 N–H and O–H groups in total. The van der Waals surface area contributed by atoms with Gasteiger partial charge < -0.3 is 14.7 Å². The Bertz CT molecular complexity index is 781. The van der Waals surface area contributed by atoms with Crippen molar-refractivity contribution in [3.63, 3.8) is 0 Å². The Morgan fingerprint density at radius 1 is 0.815 bits per heavy atom. The minimum atomic E-state index is -0.443. The lowest BCUT2D eigenvalue weighted by atomic mass is 10.1. The van der Waals surface area contributed by atoms with Gasteiger partial charge >= 0.3 is 0 Å². The number of hydrogen-bond acceptors (Lipinski definition) is 3. The van der Waals surface area contributed by atoms with E-state index in [1.54, 1.807) is 0 Å². The summed E-state index contributed by atoms with van der Waals surface area (Å²) in [6, 6.07) is 15.5. The van der Waals surface area contributed by atoms with Crippen molar-refractivity contribution in [3.05, 3.63) is 59.7 Å². The number of amides is 1. The molecule has 2 fully saturated rings. The van der Waals surface area contributed by atoms with Gasteiger partial charge in [0.2, 0.25) is 0 Å². The largest absolute Gasteiger partial charge is 0.371 e. The van der Waals surface area contributed by atoms with Crippen LogP contribution in [0.5, 0.6) is 0 Å². The summed E-state index contributed by atoms with van der Waals surface area (Å²) in [4.78, 5) is 19.1. The normalized spacial score (nSPS) is 17.4. The van der Waals surface area contributed by atoms with Crippen LogP contribution >= 0.6 is 0 Å². The molecule has 4 nitrogen and oxygen atoms in total. The fourth-order valence-corrected chi connectivity index (χ4v) is 4.01. The van der Waals surface area contributed by atoms with Crippen molar-refractivity contribution in [1.29, 1.82) is 0 Å². The van der Waals surface area contributed by atoms with Crippen molar-refractivity contribution in [1.82, 2.24) is 4.90 Å². The zero-order valence-corrected chi connectivity index (χ0v) is 15.6. The third-order valence-electron chi connectivity index (χ3n) is 5.54. The second-order valence-electron chi connectivity index (χ2n) is 7.33. The molecule has 2 saturated heterocycles. The number of carbonyl (C=O) groups excluding carboxylic acids is 1. The van der Waals surface area contributed by atoms with Gasteiger partial charge in [0, 0.05) is 56.2 Å². The maximum atomic E-state index is 13.4. The van der Waals surface area contributed by atoms with E-state index in [9.17, 15) is 9.18 Å². The first-order chi connectivity index (χ1) is 13.2. The third-order valence-corrected chi connectivity index (χ3v) is 5.54. The maximum Gasteiger partial charge on any atom is 0.253 e. The zero-order valence-electron chi connectivity index (χ0n) is 15.6. The van der Waals surface area contributed by atoms with Gasteiger partial charge in [-0.3, -0.25) is 4.79 Å². The minimum Gasteiger partial charge on any atom is -0.371 e. The molecule has 0 bridgehead atoms. The minimum absolute atomic E-state index is 0.0884. The lowest BCUT2D eigenvalue weighted by Gasteiger charge is -2.36. The fourth-order valence-electron chi connectivity index (χ4n) is 4.01. The van der Waals surface area contributed by atoms with E-state index in [-0.39, 0.29) is 5.91 Å². The van der Waals surface area contributed by atoms with Crippen LogP contribution in [0.25, 0.3) is 0 Å². The zero-order chi connectivity index (χ0) is 18.6. The Morgan fingerprint density at radius 2 is 1.41 bits per heavy atom. The van der Waals surface area contributed by atoms with E-state index in [1.807, 2.05) is 47.4 Å². The molecule has 2 aliphatic heterocycles. The van der Waals surface area contributed by atoms with Crippen LogP contribution < -0.4 is 9.80 Å². The summed E-state index contributed by atoms with van der Waals surface area (Å²) in [6.45, 7) is 4.57. The summed E-state index contributed by atoms with van der Waals surface area (Å²) in [5, 5.41) is 0. The Morgan fingerprint density at radius 3 is 2.00 bits per heavy atom. The molecular weight excluding hydrogens is 341 g/mol. The molecule has 2 aliphatic rings. The maximum absolute atomic E-state index is 13.4. The number of halogens is 1. The summed E-state index contributed by atoms with van der Waals surface area (Å²) in [7, 11) is 0. The highest BCUT2D eigenvalue weighted by Gasteiger charge is 2.23. The van der Waals surface area contributed by atoms with Gasteiger partial charge in [0.25, 0.3) is 5.91 Å². The Kier molecular flexibility index (Phi) is 5.28. The first kappa shape index (κ1) is 17.8. The molecule has 0 spiro atoms. The van der Waals surface area contributed by atoms with Crippen LogP contribution in [-0.4, -0.2) is 50.1 Å². The summed E-state index contributed by atoms with van der Waals surface area (Å²) in [6.07, 6.45) is 2.41. The number of carbonyl (C=O) groups is 1. The SMILES string of the molecule is O=C(c1ccccc1)N1CCN(c2cc(CF)cc(N3CCCC3)c2)CC1. The van der Waals surface area contributed by atoms with E-state index in [0.29, 0.717) is 13.1 Å². The molecule has 0 radical (unpaired) electrons. The van der Waals surface area contributed by atoms with Crippen molar-refractivity contribution >= 4 is 17.3 Å². The Labute approximate surface area is 160 Å². The highest BCUT2D eigenvalue weighted by molar-refractivity contribution is 5.94. The molecule has 0 saturated carbocycles. The molecule has 0 aliphatic carbocycles. The van der Waals surface area contributed by atoms with Crippen molar-refractivity contribution in [2.45, 2.75) is 19.5 Å². The lowest BCUT2D eigenvalue weighted by molar-refractivity contribution is 0.0747. The molecule has 27 heavy (non-hydrogen) atoms. The van der Waals surface area contributed by atoms with Crippen LogP contribution in [0, 0.1) is 0 Å². The number of benzene rings is 2. The number of nitrogens with zero attached hydrogens (tertiary/aromatic N) is 3. The average Bonchev–Trinajstić information content (AvgIpc) is 3.28. The molecule has 0 aromatic heterocycles. The first-order valence-electron chi connectivity index (χ1n) is 9.79. The van der Waals surface area contributed by atoms with E-state index >= 15 is 0 Å². The van der Waals surface area contributed by atoms with Gasteiger partial charge in [-0.25, -0.2) is 4.39 Å². The number of rotatable bonds is 4. The summed E-state index contributed by atoms with van der Waals surface area (Å²) in [5.74, 6) is 0.0884. The van der Waals surface area contributed by atoms with Crippen LogP contribution in [0.15, 0.2) is 48.5 Å². The van der Waals surface area contributed by atoms with Gasteiger partial charge in [-0.1, -0.05) is 18.2 Å². The van der Waals surface area contributed by atoms with Gasteiger partial charge in [-0.15, -0.1) is 0 Å². The number of alkyl halides is 1. The van der Waals surface area contributed by atoms with Crippen LogP contribution in [0.1, 0.15) is 28.8 Å². The van der Waals surface area contributed by atoms with Gasteiger partial charge in [0.1, 0.15) is 6.67 Å². The molecule has 5 heteroatoms. The molecule has 2 aromatic carbocycles. The summed E-state index contributed by atoms with van der Waals surface area (Å²) < 4.78 is 13.4. The summed E-state index contributed by atoms with van der Waals surface area (Å²) >= 11 is 0. The molecule has 2 heterocycles. The van der Waals surface area contributed by atoms with Crippen molar-refractivity contribution in [2.24, 2.45) is 0 Å². The smallest absolute Gasteiger partial charge is 0.253 e. The predicted octanol–water partition coefficient (Wildman–Crippen LogP) is 3.72. The average molecular weight is 367 g/mol. The first-order valence-corrected chi connectivity index (χ1v) is 9.79. The van der Waals surface area contributed by atoms with E-state index in [4.69, 9.17) is 0 Å². The van der Waals surface area contributed by atoms with Crippen LogP contribution in [0.3, 0.4) is 0 Å². The Balaban J connectivity index is 1.46. The second kappa shape index (κ2) is 7.99. The quantitative estimate of drug-likeness (QED) is 0.824. The van der Waals surface area contributed by atoms with Gasteiger partial charge in [0.15, 0.2) is 0 Å². The molecule has 0 atom stereocenters. The van der Waals surface area contributed by atoms with E-state index in [1.165, 1.54) is 12.8 Å². The number of anilines is 2. The van der Waals surface area contributed by atoms with Crippen LogP contribution in [0.4, 0.5) is 15.8 Å². The number of hydrogen-bond donors (Lipinski definition) is 0. The van der Waals surface area contributed by atoms with Gasteiger partial charge in [0.05, 0.1) is 0 Å². The molecule has 2 aromatic rings. The molecule has 0 unspecified atom stereocenters. The second-order valence-corrected chi connectivity index (χ2v) is 7.33. The van der Waals surface area contributed by atoms with Crippen molar-refractivity contribution < 1.29 is 9.18 Å². The lowest BCUT2D eigenvalue weighted by Crippen LogP contribution is -2.48. The molecule has 4 rings (SSSR count). The molecule has 1 amide bonds. The van der Waals surface area contributed by atoms with Gasteiger partial charge in [-0.05, 0) is 48.7 Å². The summed E-state index contributed by atoms with van der Waals surface area (Å²) in [5.41, 5.74) is 3.66. The molecular formula is C22H26FN3O. The van der Waals surface area contributed by atoms with Crippen molar-refractivity contribution in [2.75, 3.05) is 49.1 Å². The molecule has 142 valence electrons. The highest BCUT2D eigenvalue weighted by Crippen LogP contribution is 2.29. The van der Waals surface area contributed by atoms with Crippen LogP contribution in [0.2, 0.25) is 0 Å². The number of piperazine rings is 1. The highest BCUT2D eigenvalue weighted by atomic mass is 19.1. The fraction of sp³-hybridized carbons (Fsp3) is 0.409.